The van der Waals surface area contributed by atoms with Gasteiger partial charge in [-0.2, -0.15) is 0 Å². The first kappa shape index (κ1) is 22.3. The molecule has 2 aromatic heterocycles. The number of benzene rings is 2. The summed E-state index contributed by atoms with van der Waals surface area (Å²) in [7, 11) is -3.93. The molecule has 2 heterocycles. The average Bonchev–Trinajstić information content (AvgIpc) is 3.32. The number of hydrogen-bond donors (Lipinski definition) is 2. The van der Waals surface area contributed by atoms with E-state index in [9.17, 15) is 18.0 Å². The first-order valence-corrected chi connectivity index (χ1v) is 11.8. The van der Waals surface area contributed by atoms with E-state index < -0.39 is 21.4 Å². The normalized spacial score (nSPS) is 11.5. The number of aromatic amines is 1. The zero-order valence-electron chi connectivity index (χ0n) is 18.2. The number of sulfonamides is 1. The Hall–Kier alpha value is -3.85. The molecule has 33 heavy (non-hydrogen) atoms. The van der Waals surface area contributed by atoms with Crippen molar-refractivity contribution in [2.24, 2.45) is 0 Å². The van der Waals surface area contributed by atoms with Crippen LogP contribution in [-0.2, 0) is 16.6 Å². The first-order valence-electron chi connectivity index (χ1n) is 10.4. The molecule has 170 valence electrons. The Labute approximate surface area is 190 Å². The Morgan fingerprint density at radius 2 is 1.94 bits per heavy atom. The van der Waals surface area contributed by atoms with Gasteiger partial charge >= 0.3 is 0 Å². The summed E-state index contributed by atoms with van der Waals surface area (Å²) in [5, 5.41) is 2.74. The maximum absolute atomic E-state index is 13.4. The summed E-state index contributed by atoms with van der Waals surface area (Å²) < 4.78 is 33.3. The van der Waals surface area contributed by atoms with Crippen molar-refractivity contribution >= 4 is 32.5 Å². The van der Waals surface area contributed by atoms with Gasteiger partial charge in [0.1, 0.15) is 11.3 Å². The molecule has 0 saturated carbocycles. The summed E-state index contributed by atoms with van der Waals surface area (Å²) in [5.74, 6) is -0.0393. The number of aryl methyl sites for hydroxylation is 1. The van der Waals surface area contributed by atoms with Gasteiger partial charge in [-0.15, -0.1) is 0 Å². The number of aromatic nitrogens is 1. The predicted molar refractivity (Wildman–Crippen MR) is 126 cm³/mol. The van der Waals surface area contributed by atoms with Crippen molar-refractivity contribution in [3.63, 3.8) is 0 Å². The van der Waals surface area contributed by atoms with Crippen molar-refractivity contribution in [1.29, 1.82) is 0 Å². The molecule has 0 aliphatic rings. The van der Waals surface area contributed by atoms with Crippen LogP contribution in [0.25, 0.3) is 10.9 Å². The number of rotatable bonds is 7. The number of carbonyl (C=O) groups is 1. The standard InChI is InChI=1S/C24H23N3O5S/c1-3-27(17-7-4-6-16(2)12-17)33(30,31)19-9-10-22-20(13-19)23(28)21(15-25-22)24(29)26-14-18-8-5-11-32-18/h4-13,15H,3,14H2,1-2H3,(H,25,28)(H,26,29). The zero-order valence-corrected chi connectivity index (χ0v) is 19.0. The molecule has 0 aliphatic heterocycles. The molecular formula is C24H23N3O5S. The molecule has 0 atom stereocenters. The lowest BCUT2D eigenvalue weighted by atomic mass is 10.1. The quantitative estimate of drug-likeness (QED) is 0.433. The van der Waals surface area contributed by atoms with E-state index in [0.29, 0.717) is 17.0 Å². The highest BCUT2D eigenvalue weighted by atomic mass is 32.2. The van der Waals surface area contributed by atoms with Crippen LogP contribution in [0.2, 0.25) is 0 Å². The minimum atomic E-state index is -3.93. The molecule has 8 nitrogen and oxygen atoms in total. The molecule has 0 aliphatic carbocycles. The summed E-state index contributed by atoms with van der Waals surface area (Å²) in [5.41, 5.74) is 1.23. The van der Waals surface area contributed by atoms with Crippen molar-refractivity contribution in [3.8, 4) is 0 Å². The second-order valence-electron chi connectivity index (χ2n) is 7.51. The van der Waals surface area contributed by atoms with Crippen LogP contribution in [0.4, 0.5) is 5.69 Å². The van der Waals surface area contributed by atoms with E-state index in [4.69, 9.17) is 4.42 Å². The van der Waals surface area contributed by atoms with Gasteiger partial charge in [-0.05, 0) is 61.9 Å². The van der Waals surface area contributed by atoms with Crippen molar-refractivity contribution in [1.82, 2.24) is 10.3 Å². The lowest BCUT2D eigenvalue weighted by Crippen LogP contribution is -2.31. The van der Waals surface area contributed by atoms with Crippen molar-refractivity contribution in [2.75, 3.05) is 10.8 Å². The monoisotopic (exact) mass is 465 g/mol. The van der Waals surface area contributed by atoms with E-state index in [2.05, 4.69) is 10.3 Å². The van der Waals surface area contributed by atoms with Gasteiger partial charge in [0, 0.05) is 23.6 Å². The average molecular weight is 466 g/mol. The second-order valence-corrected chi connectivity index (χ2v) is 9.37. The number of fused-ring (bicyclic) bond motifs is 1. The summed E-state index contributed by atoms with van der Waals surface area (Å²) >= 11 is 0. The molecule has 9 heteroatoms. The van der Waals surface area contributed by atoms with Crippen LogP contribution in [0.15, 0.2) is 81.2 Å². The van der Waals surface area contributed by atoms with Gasteiger partial charge < -0.3 is 14.7 Å². The fourth-order valence-corrected chi connectivity index (χ4v) is 5.10. The van der Waals surface area contributed by atoms with E-state index in [0.717, 1.165) is 5.56 Å². The van der Waals surface area contributed by atoms with Crippen molar-refractivity contribution in [3.05, 3.63) is 94.2 Å². The second kappa shape index (κ2) is 8.95. The van der Waals surface area contributed by atoms with Crippen LogP contribution in [0.3, 0.4) is 0 Å². The highest BCUT2D eigenvalue weighted by Gasteiger charge is 2.25. The van der Waals surface area contributed by atoms with Gasteiger partial charge in [-0.3, -0.25) is 13.9 Å². The van der Waals surface area contributed by atoms with Crippen LogP contribution in [0.5, 0.6) is 0 Å². The number of hydrogen-bond acceptors (Lipinski definition) is 5. The molecule has 0 radical (unpaired) electrons. The number of pyridine rings is 1. The number of anilines is 1. The van der Waals surface area contributed by atoms with E-state index in [1.165, 1.54) is 35.0 Å². The van der Waals surface area contributed by atoms with Crippen LogP contribution in [0, 0.1) is 6.92 Å². The van der Waals surface area contributed by atoms with Gasteiger partial charge in [0.2, 0.25) is 5.43 Å². The van der Waals surface area contributed by atoms with Crippen molar-refractivity contribution in [2.45, 2.75) is 25.3 Å². The van der Waals surface area contributed by atoms with Crippen LogP contribution >= 0.6 is 0 Å². The van der Waals surface area contributed by atoms with Gasteiger partial charge in [0.15, 0.2) is 0 Å². The minimum absolute atomic E-state index is 0.0306. The largest absolute Gasteiger partial charge is 0.467 e. The number of carbonyl (C=O) groups excluding carboxylic acids is 1. The van der Waals surface area contributed by atoms with Gasteiger partial charge in [-0.25, -0.2) is 8.42 Å². The number of furan rings is 1. The third kappa shape index (κ3) is 4.40. The summed E-state index contributed by atoms with van der Waals surface area (Å²) in [6.45, 7) is 3.97. The molecule has 4 aromatic rings. The van der Waals surface area contributed by atoms with E-state index in [1.54, 1.807) is 37.3 Å². The number of nitrogens with zero attached hydrogens (tertiary/aromatic N) is 1. The van der Waals surface area contributed by atoms with Crippen LogP contribution in [0.1, 0.15) is 28.6 Å². The molecule has 0 fully saturated rings. The third-order valence-electron chi connectivity index (χ3n) is 5.27. The number of H-pyrrole nitrogens is 1. The maximum atomic E-state index is 13.4. The topological polar surface area (TPSA) is 112 Å². The lowest BCUT2D eigenvalue weighted by molar-refractivity contribution is 0.0947. The molecule has 2 aromatic carbocycles. The van der Waals surface area contributed by atoms with Gasteiger partial charge in [-0.1, -0.05) is 12.1 Å². The Bertz CT molecular complexity index is 1470. The summed E-state index contributed by atoms with van der Waals surface area (Å²) in [6.07, 6.45) is 2.81. The number of nitrogens with one attached hydrogen (secondary N) is 2. The van der Waals surface area contributed by atoms with E-state index in [1.807, 2.05) is 13.0 Å². The summed E-state index contributed by atoms with van der Waals surface area (Å²) in [6, 6.07) is 14.9. The highest BCUT2D eigenvalue weighted by molar-refractivity contribution is 7.92. The lowest BCUT2D eigenvalue weighted by Gasteiger charge is -2.23. The van der Waals surface area contributed by atoms with E-state index in [-0.39, 0.29) is 28.9 Å². The molecule has 0 bridgehead atoms. The Kier molecular flexibility index (Phi) is 6.06. The maximum Gasteiger partial charge on any atom is 0.264 e. The number of amides is 1. The zero-order chi connectivity index (χ0) is 23.6. The fraction of sp³-hybridized carbons (Fsp3) is 0.167. The molecule has 1 amide bonds. The molecule has 4 rings (SSSR count). The Morgan fingerprint density at radius 3 is 2.64 bits per heavy atom. The SMILES string of the molecule is CCN(c1cccc(C)c1)S(=O)(=O)c1ccc2[nH]cc(C(=O)NCc3ccco3)c(=O)c2c1. The molecule has 0 spiro atoms. The predicted octanol–water partition coefficient (Wildman–Crippen LogP) is 3.57. The summed E-state index contributed by atoms with van der Waals surface area (Å²) in [4.78, 5) is 28.5. The minimum Gasteiger partial charge on any atom is -0.467 e. The fourth-order valence-electron chi connectivity index (χ4n) is 3.60. The smallest absolute Gasteiger partial charge is 0.264 e. The van der Waals surface area contributed by atoms with Crippen LogP contribution < -0.4 is 15.1 Å². The molecular weight excluding hydrogens is 442 g/mol. The van der Waals surface area contributed by atoms with Gasteiger partial charge in [0.25, 0.3) is 15.9 Å². The van der Waals surface area contributed by atoms with E-state index >= 15 is 0 Å². The third-order valence-corrected chi connectivity index (χ3v) is 7.16. The van der Waals surface area contributed by atoms with Gasteiger partial charge in [0.05, 0.1) is 23.4 Å². The van der Waals surface area contributed by atoms with Crippen LogP contribution in [-0.4, -0.2) is 25.9 Å². The Balaban J connectivity index is 1.71. The molecule has 0 saturated heterocycles. The van der Waals surface area contributed by atoms with Crippen molar-refractivity contribution < 1.29 is 17.6 Å². The molecule has 2 N–H and O–H groups in total. The Morgan fingerprint density at radius 1 is 1.12 bits per heavy atom. The highest BCUT2D eigenvalue weighted by Crippen LogP contribution is 2.25. The molecule has 0 unspecified atom stereocenters. The first-order chi connectivity index (χ1) is 15.8.